The van der Waals surface area contributed by atoms with Crippen LogP contribution in [-0.2, 0) is 4.43 Å². The van der Waals surface area contributed by atoms with Gasteiger partial charge in [0.25, 0.3) is 0 Å². The lowest BCUT2D eigenvalue weighted by Crippen LogP contribution is -1.79. The summed E-state index contributed by atoms with van der Waals surface area (Å²) in [5.41, 5.74) is 0. The second kappa shape index (κ2) is 34.9. The molecule has 0 aliphatic heterocycles. The van der Waals surface area contributed by atoms with Crippen LogP contribution in [0.3, 0.4) is 0 Å². The zero-order valence-corrected chi connectivity index (χ0v) is 4.53. The second-order valence-electron chi connectivity index (χ2n) is 0.577. The van der Waals surface area contributed by atoms with Crippen LogP contribution in [0, 0.1) is 0 Å². The van der Waals surface area contributed by atoms with Crippen molar-refractivity contribution in [2.24, 2.45) is 0 Å². The summed E-state index contributed by atoms with van der Waals surface area (Å²) in [4.78, 5) is 0. The number of hydrogen-bond donors (Lipinski definition) is 0. The lowest BCUT2D eigenvalue weighted by atomic mass is 11.8. The molecule has 0 aliphatic rings. The van der Waals surface area contributed by atoms with Crippen LogP contribution >= 0.6 is 0 Å². The first-order valence-corrected chi connectivity index (χ1v) is 3.40. The van der Waals surface area contributed by atoms with E-state index in [0.717, 1.165) is 0 Å². The van der Waals surface area contributed by atoms with Gasteiger partial charge in [0.1, 0.15) is 0 Å². The molecule has 1 nitrogen and oxygen atoms in total. The van der Waals surface area contributed by atoms with Crippen molar-refractivity contribution in [3.8, 4) is 0 Å². The molecule has 7 heavy (non-hydrogen) atoms. The molecule has 0 bridgehead atoms. The largest absolute Gasteiger partial charge is 0.427 e. The van der Waals surface area contributed by atoms with Gasteiger partial charge in [0, 0.05) is 7.11 Å². The zero-order valence-electron chi connectivity index (χ0n) is 3.12. The minimum atomic E-state index is -0.0756. The molecule has 0 saturated carbocycles. The monoisotopic (exact) mass is 124 g/mol. The highest BCUT2D eigenvalue weighted by atomic mass is 28.2. The Bertz CT molecular complexity index is 10.0. The standard InChI is InChI=1S/C2H8OSi.3CH4/c1-3-4-2;;;/h4H2,1-2H3;3*1H4. The Labute approximate surface area is 51.0 Å². The van der Waals surface area contributed by atoms with E-state index in [-0.39, 0.29) is 32.0 Å². The average molecular weight is 124 g/mol. The van der Waals surface area contributed by atoms with Crippen molar-refractivity contribution in [2.45, 2.75) is 28.8 Å². The Kier molecular flexibility index (Phi) is 135. The molecule has 0 atom stereocenters. The topological polar surface area (TPSA) is 9.23 Å². The first-order chi connectivity index (χ1) is 1.91. The molecule has 0 saturated heterocycles. The Morgan fingerprint density at radius 1 is 1.14 bits per heavy atom. The van der Waals surface area contributed by atoms with E-state index in [2.05, 4.69) is 11.0 Å². The van der Waals surface area contributed by atoms with Gasteiger partial charge in [-0.25, -0.2) is 0 Å². The highest BCUT2D eigenvalue weighted by Crippen LogP contribution is 1.47. The van der Waals surface area contributed by atoms with Gasteiger partial charge in [-0.1, -0.05) is 28.8 Å². The van der Waals surface area contributed by atoms with E-state index >= 15 is 0 Å². The quantitative estimate of drug-likeness (QED) is 0.483. The molecule has 0 aromatic heterocycles. The van der Waals surface area contributed by atoms with E-state index in [0.29, 0.717) is 0 Å². The van der Waals surface area contributed by atoms with Crippen molar-refractivity contribution in [1.82, 2.24) is 0 Å². The Morgan fingerprint density at radius 2 is 1.29 bits per heavy atom. The molecular formula is C5H20OSi. The summed E-state index contributed by atoms with van der Waals surface area (Å²) < 4.78 is 4.68. The maximum Gasteiger partial charge on any atom is 0.157 e. The fourth-order valence-corrected chi connectivity index (χ4v) is 0. The average Bonchev–Trinajstić information content (AvgIpc) is 1.37. The normalized spacial score (nSPS) is 6.00. The molecule has 0 unspecified atom stereocenters. The van der Waals surface area contributed by atoms with E-state index < -0.39 is 0 Å². The minimum absolute atomic E-state index is 0. The van der Waals surface area contributed by atoms with Gasteiger partial charge in [0.05, 0.1) is 0 Å². The highest BCUT2D eigenvalue weighted by molar-refractivity contribution is 6.24. The van der Waals surface area contributed by atoms with E-state index in [1.165, 1.54) is 0 Å². The lowest BCUT2D eigenvalue weighted by Gasteiger charge is -1.75. The van der Waals surface area contributed by atoms with E-state index in [1.807, 2.05) is 0 Å². The van der Waals surface area contributed by atoms with Crippen molar-refractivity contribution in [3.05, 3.63) is 0 Å². The second-order valence-corrected chi connectivity index (χ2v) is 1.73. The molecule has 0 N–H and O–H groups in total. The summed E-state index contributed by atoms with van der Waals surface area (Å²) >= 11 is 0. The van der Waals surface area contributed by atoms with Crippen molar-refractivity contribution in [2.75, 3.05) is 7.11 Å². The van der Waals surface area contributed by atoms with Crippen molar-refractivity contribution in [3.63, 3.8) is 0 Å². The van der Waals surface area contributed by atoms with Crippen LogP contribution in [0.2, 0.25) is 6.55 Å². The maximum absolute atomic E-state index is 4.68. The van der Waals surface area contributed by atoms with Crippen molar-refractivity contribution < 1.29 is 4.43 Å². The van der Waals surface area contributed by atoms with Gasteiger partial charge in [-0.3, -0.25) is 0 Å². The van der Waals surface area contributed by atoms with Crippen LogP contribution in [0.25, 0.3) is 0 Å². The van der Waals surface area contributed by atoms with E-state index in [9.17, 15) is 0 Å². The van der Waals surface area contributed by atoms with Gasteiger partial charge in [-0.2, -0.15) is 0 Å². The Morgan fingerprint density at radius 3 is 1.29 bits per heavy atom. The fraction of sp³-hybridized carbons (Fsp3) is 1.00. The van der Waals surface area contributed by atoms with Crippen LogP contribution in [0.1, 0.15) is 22.3 Å². The van der Waals surface area contributed by atoms with E-state index in [1.54, 1.807) is 7.11 Å². The molecule has 0 radical (unpaired) electrons. The highest BCUT2D eigenvalue weighted by Gasteiger charge is 1.55. The van der Waals surface area contributed by atoms with Gasteiger partial charge < -0.3 is 4.43 Å². The summed E-state index contributed by atoms with van der Waals surface area (Å²) in [7, 11) is 1.67. The van der Waals surface area contributed by atoms with Gasteiger partial charge in [-0.15, -0.1) is 0 Å². The first-order valence-electron chi connectivity index (χ1n) is 1.40. The third-order valence-electron chi connectivity index (χ3n) is 0.289. The van der Waals surface area contributed by atoms with Gasteiger partial charge >= 0.3 is 0 Å². The Balaban J connectivity index is -0.0000000150. The maximum atomic E-state index is 4.68. The third kappa shape index (κ3) is 77.8. The summed E-state index contributed by atoms with van der Waals surface area (Å²) in [6, 6.07) is 0. The van der Waals surface area contributed by atoms with Crippen LogP contribution < -0.4 is 0 Å². The third-order valence-corrected chi connectivity index (χ3v) is 0.866. The van der Waals surface area contributed by atoms with E-state index in [4.69, 9.17) is 0 Å². The van der Waals surface area contributed by atoms with Crippen molar-refractivity contribution >= 4 is 9.76 Å². The van der Waals surface area contributed by atoms with Crippen LogP contribution in [0.5, 0.6) is 0 Å². The predicted molar refractivity (Wildman–Crippen MR) is 41.6 cm³/mol. The van der Waals surface area contributed by atoms with Crippen LogP contribution in [0.4, 0.5) is 0 Å². The smallest absolute Gasteiger partial charge is 0.157 e. The van der Waals surface area contributed by atoms with Gasteiger partial charge in [-0.05, 0) is 0 Å². The molecule has 0 fully saturated rings. The first kappa shape index (κ1) is 27.1. The molecule has 0 amide bonds. The molecule has 0 aliphatic carbocycles. The van der Waals surface area contributed by atoms with Crippen molar-refractivity contribution in [1.29, 1.82) is 0 Å². The minimum Gasteiger partial charge on any atom is -0.427 e. The van der Waals surface area contributed by atoms with Gasteiger partial charge in [0.15, 0.2) is 9.76 Å². The fourth-order valence-electron chi connectivity index (χ4n) is 0. The predicted octanol–water partition coefficient (Wildman–Crippen LogP) is 1.67. The van der Waals surface area contributed by atoms with Crippen LogP contribution in [-0.4, -0.2) is 16.9 Å². The summed E-state index contributed by atoms with van der Waals surface area (Å²) in [5.74, 6) is 0. The molecule has 0 rings (SSSR count). The molecule has 0 heterocycles. The Hall–Kier alpha value is 0.177. The summed E-state index contributed by atoms with van der Waals surface area (Å²) in [5, 5.41) is 0. The molecule has 0 aromatic carbocycles. The molecule has 50 valence electrons. The number of hydrogen-bond acceptors (Lipinski definition) is 1. The molecule has 0 spiro atoms. The molecular weight excluding hydrogens is 104 g/mol. The molecule has 0 aromatic rings. The summed E-state index contributed by atoms with van der Waals surface area (Å²) in [6.07, 6.45) is 0. The number of rotatable bonds is 1. The molecule has 2 heteroatoms. The van der Waals surface area contributed by atoms with Crippen LogP contribution in [0.15, 0.2) is 0 Å². The zero-order chi connectivity index (χ0) is 3.41. The SMILES string of the molecule is C.C.C.CO[SiH2]C. The summed E-state index contributed by atoms with van der Waals surface area (Å²) in [6.45, 7) is 2.10. The van der Waals surface area contributed by atoms with Gasteiger partial charge in [0.2, 0.25) is 0 Å². The lowest BCUT2D eigenvalue weighted by molar-refractivity contribution is 0.446.